The van der Waals surface area contributed by atoms with E-state index in [9.17, 15) is 4.79 Å². The Bertz CT molecular complexity index is 138. The predicted octanol–water partition coefficient (Wildman–Crippen LogP) is 1.43. The highest BCUT2D eigenvalue weighted by atomic mass is 127. The van der Waals surface area contributed by atoms with E-state index in [4.69, 9.17) is 0 Å². The fourth-order valence-electron chi connectivity index (χ4n) is 1.36. The Balaban J connectivity index is 2.47. The maximum atomic E-state index is 11.0. The number of rotatable bonds is 1. The van der Waals surface area contributed by atoms with E-state index in [1.54, 1.807) is 0 Å². The standard InChI is InChI=1S/C7H12INO/c1-9-5-3-2-4-6(9)7(8)10/h6H,2-5H2,1H3/t6-/m1/s1. The van der Waals surface area contributed by atoms with E-state index in [0.29, 0.717) is 3.79 Å². The molecule has 0 saturated carbocycles. The Kier molecular flexibility index (Phi) is 3.10. The topological polar surface area (TPSA) is 20.3 Å². The van der Waals surface area contributed by atoms with Crippen LogP contribution in [-0.4, -0.2) is 28.3 Å². The molecule has 1 aliphatic rings. The summed E-state index contributed by atoms with van der Waals surface area (Å²) in [4.78, 5) is 13.1. The molecule has 1 atom stereocenters. The first kappa shape index (κ1) is 8.46. The van der Waals surface area contributed by atoms with Gasteiger partial charge in [-0.15, -0.1) is 0 Å². The van der Waals surface area contributed by atoms with Crippen LogP contribution in [0, 0.1) is 0 Å². The van der Waals surface area contributed by atoms with Gasteiger partial charge in [-0.3, -0.25) is 9.69 Å². The Hall–Kier alpha value is 0.360. The van der Waals surface area contributed by atoms with Crippen molar-refractivity contribution in [3.63, 3.8) is 0 Å². The van der Waals surface area contributed by atoms with Crippen LogP contribution in [0.4, 0.5) is 0 Å². The van der Waals surface area contributed by atoms with Crippen molar-refractivity contribution in [1.29, 1.82) is 0 Å². The number of piperidine rings is 1. The summed E-state index contributed by atoms with van der Waals surface area (Å²) in [5.74, 6) is 0. The van der Waals surface area contributed by atoms with Gasteiger partial charge >= 0.3 is 0 Å². The van der Waals surface area contributed by atoms with Gasteiger partial charge in [0.2, 0.25) is 3.79 Å². The molecule has 1 fully saturated rings. The van der Waals surface area contributed by atoms with Crippen LogP contribution in [0.15, 0.2) is 0 Å². The summed E-state index contributed by atoms with van der Waals surface area (Å²) < 4.78 is 0.291. The summed E-state index contributed by atoms with van der Waals surface area (Å²) in [6.07, 6.45) is 3.51. The van der Waals surface area contributed by atoms with Crippen molar-refractivity contribution in [3.05, 3.63) is 0 Å². The average Bonchev–Trinajstić information content (AvgIpc) is 1.88. The number of likely N-dealkylation sites (N-methyl/N-ethyl adjacent to an activating group) is 1. The van der Waals surface area contributed by atoms with Crippen LogP contribution in [0.25, 0.3) is 0 Å². The Morgan fingerprint density at radius 2 is 2.30 bits per heavy atom. The molecule has 0 radical (unpaired) electrons. The minimum absolute atomic E-state index is 0.203. The first-order valence-corrected chi connectivity index (χ1v) is 4.69. The zero-order chi connectivity index (χ0) is 7.56. The third kappa shape index (κ3) is 1.92. The highest BCUT2D eigenvalue weighted by Gasteiger charge is 2.23. The van der Waals surface area contributed by atoms with Gasteiger partial charge in [-0.2, -0.15) is 0 Å². The molecule has 0 unspecified atom stereocenters. The molecule has 0 bridgehead atoms. The van der Waals surface area contributed by atoms with Crippen LogP contribution in [-0.2, 0) is 4.79 Å². The zero-order valence-corrected chi connectivity index (χ0v) is 8.30. The number of carbonyl (C=O) groups excluding carboxylic acids is 1. The molecule has 0 N–H and O–H groups in total. The second-order valence-corrected chi connectivity index (χ2v) is 3.86. The summed E-state index contributed by atoms with van der Waals surface area (Å²) in [7, 11) is 2.03. The minimum Gasteiger partial charge on any atom is -0.296 e. The molecule has 10 heavy (non-hydrogen) atoms. The van der Waals surface area contributed by atoms with Gasteiger partial charge in [-0.25, -0.2) is 0 Å². The van der Waals surface area contributed by atoms with Crippen LogP contribution in [0.3, 0.4) is 0 Å². The number of carbonyl (C=O) groups is 1. The largest absolute Gasteiger partial charge is 0.296 e. The maximum Gasteiger partial charge on any atom is 0.209 e. The highest BCUT2D eigenvalue weighted by Crippen LogP contribution is 2.17. The van der Waals surface area contributed by atoms with Gasteiger partial charge < -0.3 is 0 Å². The van der Waals surface area contributed by atoms with E-state index < -0.39 is 0 Å². The molecular formula is C7H12INO. The van der Waals surface area contributed by atoms with Crippen molar-refractivity contribution in [2.24, 2.45) is 0 Å². The summed E-state index contributed by atoms with van der Waals surface area (Å²) >= 11 is 1.90. The lowest BCUT2D eigenvalue weighted by atomic mass is 10.0. The average molecular weight is 253 g/mol. The Morgan fingerprint density at radius 1 is 1.60 bits per heavy atom. The smallest absolute Gasteiger partial charge is 0.209 e. The number of hydrogen-bond acceptors (Lipinski definition) is 2. The summed E-state index contributed by atoms with van der Waals surface area (Å²) in [6, 6.07) is 0.203. The predicted molar refractivity (Wildman–Crippen MR) is 49.3 cm³/mol. The molecule has 0 aromatic rings. The molecule has 0 spiro atoms. The van der Waals surface area contributed by atoms with E-state index in [1.165, 1.54) is 12.8 Å². The zero-order valence-electron chi connectivity index (χ0n) is 6.14. The van der Waals surface area contributed by atoms with Crippen molar-refractivity contribution in [2.45, 2.75) is 25.3 Å². The van der Waals surface area contributed by atoms with Crippen molar-refractivity contribution in [1.82, 2.24) is 4.90 Å². The maximum absolute atomic E-state index is 11.0. The van der Waals surface area contributed by atoms with Crippen LogP contribution in [0.2, 0.25) is 0 Å². The highest BCUT2D eigenvalue weighted by molar-refractivity contribution is 14.1. The molecule has 0 amide bonds. The first-order valence-electron chi connectivity index (χ1n) is 3.61. The van der Waals surface area contributed by atoms with E-state index >= 15 is 0 Å². The minimum atomic E-state index is 0.203. The van der Waals surface area contributed by atoms with Gasteiger partial charge in [0.05, 0.1) is 6.04 Å². The van der Waals surface area contributed by atoms with Crippen LogP contribution >= 0.6 is 22.6 Å². The lowest BCUT2D eigenvalue weighted by Crippen LogP contribution is -2.39. The number of halogens is 1. The Morgan fingerprint density at radius 3 is 2.70 bits per heavy atom. The second-order valence-electron chi connectivity index (χ2n) is 2.80. The quantitative estimate of drug-likeness (QED) is 0.520. The molecular weight excluding hydrogens is 241 g/mol. The van der Waals surface area contributed by atoms with Crippen LogP contribution in [0.1, 0.15) is 19.3 Å². The van der Waals surface area contributed by atoms with Gasteiger partial charge in [0.25, 0.3) is 0 Å². The fraction of sp³-hybridized carbons (Fsp3) is 0.857. The molecule has 1 saturated heterocycles. The normalized spacial score (nSPS) is 28.4. The third-order valence-corrected chi connectivity index (χ3v) is 2.75. The fourth-order valence-corrected chi connectivity index (χ4v) is 2.15. The molecule has 1 heterocycles. The van der Waals surface area contributed by atoms with E-state index in [-0.39, 0.29) is 6.04 Å². The molecule has 1 aliphatic heterocycles. The molecule has 0 aliphatic carbocycles. The molecule has 1 rings (SSSR count). The SMILES string of the molecule is CN1CCCC[C@@H]1C(=O)I. The van der Waals surface area contributed by atoms with Gasteiger partial charge in [-0.05, 0) is 26.4 Å². The first-order chi connectivity index (χ1) is 4.72. The Labute approximate surface area is 75.1 Å². The van der Waals surface area contributed by atoms with Crippen molar-refractivity contribution >= 4 is 26.4 Å². The monoisotopic (exact) mass is 253 g/mol. The molecule has 58 valence electrons. The van der Waals surface area contributed by atoms with E-state index in [2.05, 4.69) is 4.90 Å². The second kappa shape index (κ2) is 3.67. The van der Waals surface area contributed by atoms with E-state index in [1.807, 2.05) is 29.6 Å². The number of hydrogen-bond donors (Lipinski definition) is 0. The van der Waals surface area contributed by atoms with Gasteiger partial charge in [0.1, 0.15) is 0 Å². The number of likely N-dealkylation sites (tertiary alicyclic amines) is 1. The van der Waals surface area contributed by atoms with Crippen molar-refractivity contribution < 1.29 is 4.79 Å². The molecule has 2 nitrogen and oxygen atoms in total. The van der Waals surface area contributed by atoms with Gasteiger partial charge in [0, 0.05) is 22.6 Å². The number of nitrogens with zero attached hydrogens (tertiary/aromatic N) is 1. The van der Waals surface area contributed by atoms with Crippen LogP contribution < -0.4 is 0 Å². The van der Waals surface area contributed by atoms with Crippen LogP contribution in [0.5, 0.6) is 0 Å². The lowest BCUT2D eigenvalue weighted by Gasteiger charge is -2.29. The summed E-state index contributed by atoms with van der Waals surface area (Å²) in [5, 5.41) is 0. The lowest BCUT2D eigenvalue weighted by molar-refractivity contribution is -0.114. The van der Waals surface area contributed by atoms with Gasteiger partial charge in [0.15, 0.2) is 0 Å². The van der Waals surface area contributed by atoms with Crippen molar-refractivity contribution in [3.8, 4) is 0 Å². The summed E-state index contributed by atoms with van der Waals surface area (Å²) in [6.45, 7) is 1.08. The van der Waals surface area contributed by atoms with E-state index in [0.717, 1.165) is 13.0 Å². The molecule has 3 heteroatoms. The van der Waals surface area contributed by atoms with Crippen molar-refractivity contribution in [2.75, 3.05) is 13.6 Å². The molecule has 0 aromatic carbocycles. The summed E-state index contributed by atoms with van der Waals surface area (Å²) in [5.41, 5.74) is 0. The third-order valence-electron chi connectivity index (χ3n) is 2.03. The van der Waals surface area contributed by atoms with Gasteiger partial charge in [-0.1, -0.05) is 6.42 Å². The molecule has 0 aromatic heterocycles.